The molecule has 0 unspecified atom stereocenters. The summed E-state index contributed by atoms with van der Waals surface area (Å²) >= 11 is 1.76. The number of benzene rings is 1. The molecular formula is C16H22IN3OS. The second-order valence-corrected chi connectivity index (χ2v) is 5.57. The number of nitrogens with two attached hydrogens (primary N) is 1. The van der Waals surface area contributed by atoms with E-state index in [2.05, 4.69) is 27.8 Å². The lowest BCUT2D eigenvalue weighted by atomic mass is 10.3. The quantitative estimate of drug-likeness (QED) is 0.292. The van der Waals surface area contributed by atoms with E-state index in [1.54, 1.807) is 11.3 Å². The lowest BCUT2D eigenvalue weighted by molar-refractivity contribution is 0.313. The number of nitrogens with zero attached hydrogens (tertiary/aromatic N) is 1. The second-order valence-electron chi connectivity index (χ2n) is 4.54. The van der Waals surface area contributed by atoms with Gasteiger partial charge < -0.3 is 15.8 Å². The highest BCUT2D eigenvalue weighted by atomic mass is 127. The van der Waals surface area contributed by atoms with E-state index in [1.165, 1.54) is 4.88 Å². The summed E-state index contributed by atoms with van der Waals surface area (Å²) in [6.45, 7) is 2.14. The van der Waals surface area contributed by atoms with Crippen molar-refractivity contribution in [1.82, 2.24) is 5.32 Å². The molecule has 0 amide bonds. The van der Waals surface area contributed by atoms with Crippen molar-refractivity contribution in [3.63, 3.8) is 0 Å². The normalized spacial score (nSPS) is 10.8. The maximum atomic E-state index is 5.81. The minimum Gasteiger partial charge on any atom is -0.494 e. The van der Waals surface area contributed by atoms with Crippen LogP contribution in [0.25, 0.3) is 0 Å². The van der Waals surface area contributed by atoms with Crippen LogP contribution < -0.4 is 15.8 Å². The van der Waals surface area contributed by atoms with Crippen LogP contribution >= 0.6 is 35.3 Å². The number of aliphatic imine (C=N–C) groups is 1. The smallest absolute Gasteiger partial charge is 0.188 e. The molecule has 0 spiro atoms. The molecule has 0 radical (unpaired) electrons. The molecule has 0 aliphatic heterocycles. The lowest BCUT2D eigenvalue weighted by Gasteiger charge is -2.06. The van der Waals surface area contributed by atoms with Gasteiger partial charge in [0.05, 0.1) is 6.61 Å². The summed E-state index contributed by atoms with van der Waals surface area (Å²) in [6.07, 6.45) is 1.83. The van der Waals surface area contributed by atoms with Gasteiger partial charge >= 0.3 is 0 Å². The lowest BCUT2D eigenvalue weighted by Crippen LogP contribution is -2.33. The van der Waals surface area contributed by atoms with E-state index in [0.29, 0.717) is 19.1 Å². The third-order valence-electron chi connectivity index (χ3n) is 2.85. The van der Waals surface area contributed by atoms with Crippen molar-refractivity contribution in [2.75, 3.05) is 19.7 Å². The van der Waals surface area contributed by atoms with Crippen LogP contribution in [0.3, 0.4) is 0 Å². The van der Waals surface area contributed by atoms with E-state index >= 15 is 0 Å². The first-order valence-electron chi connectivity index (χ1n) is 7.08. The predicted octanol–water partition coefficient (Wildman–Crippen LogP) is 3.28. The van der Waals surface area contributed by atoms with Gasteiger partial charge in [-0.3, -0.25) is 4.99 Å². The van der Waals surface area contributed by atoms with Crippen molar-refractivity contribution in [3.8, 4) is 5.75 Å². The Kier molecular flexibility index (Phi) is 9.65. The van der Waals surface area contributed by atoms with E-state index in [1.807, 2.05) is 30.3 Å². The molecule has 0 saturated carbocycles. The molecule has 0 aliphatic carbocycles. The molecule has 0 fully saturated rings. The molecule has 1 aromatic carbocycles. The Labute approximate surface area is 152 Å². The third-order valence-corrected chi connectivity index (χ3v) is 3.79. The molecule has 6 heteroatoms. The maximum absolute atomic E-state index is 5.81. The average Bonchev–Trinajstić information content (AvgIpc) is 3.01. The van der Waals surface area contributed by atoms with Gasteiger partial charge in [0, 0.05) is 24.4 Å². The number of hydrogen-bond acceptors (Lipinski definition) is 3. The predicted molar refractivity (Wildman–Crippen MR) is 104 cm³/mol. The zero-order valence-electron chi connectivity index (χ0n) is 12.4. The van der Waals surface area contributed by atoms with Crippen molar-refractivity contribution in [2.24, 2.45) is 10.7 Å². The van der Waals surface area contributed by atoms with Crippen molar-refractivity contribution < 1.29 is 4.74 Å². The van der Waals surface area contributed by atoms with Gasteiger partial charge in [0.15, 0.2) is 5.96 Å². The van der Waals surface area contributed by atoms with Gasteiger partial charge in [-0.25, -0.2) is 0 Å². The van der Waals surface area contributed by atoms with Gasteiger partial charge in [-0.2, -0.15) is 0 Å². The van der Waals surface area contributed by atoms with E-state index in [9.17, 15) is 0 Å². The fourth-order valence-corrected chi connectivity index (χ4v) is 2.50. The molecule has 2 aromatic rings. The number of hydrogen-bond donors (Lipinski definition) is 2. The van der Waals surface area contributed by atoms with Crippen LogP contribution in [0.2, 0.25) is 0 Å². The first-order chi connectivity index (χ1) is 10.3. The number of para-hydroxylation sites is 1. The molecule has 120 valence electrons. The van der Waals surface area contributed by atoms with Crippen LogP contribution in [0, 0.1) is 0 Å². The number of guanidine groups is 1. The Hall–Kier alpha value is -1.28. The van der Waals surface area contributed by atoms with Crippen LogP contribution in [0.4, 0.5) is 0 Å². The van der Waals surface area contributed by atoms with Gasteiger partial charge in [0.25, 0.3) is 0 Å². The fourth-order valence-electron chi connectivity index (χ4n) is 1.80. The zero-order valence-corrected chi connectivity index (χ0v) is 15.6. The molecule has 1 heterocycles. The Morgan fingerprint density at radius 2 is 2.00 bits per heavy atom. The molecule has 0 aliphatic rings. The van der Waals surface area contributed by atoms with Crippen LogP contribution in [-0.2, 0) is 6.42 Å². The molecule has 22 heavy (non-hydrogen) atoms. The van der Waals surface area contributed by atoms with E-state index in [4.69, 9.17) is 10.5 Å². The average molecular weight is 431 g/mol. The van der Waals surface area contributed by atoms with E-state index in [-0.39, 0.29) is 24.0 Å². The monoisotopic (exact) mass is 431 g/mol. The van der Waals surface area contributed by atoms with Gasteiger partial charge in [-0.05, 0) is 30.0 Å². The van der Waals surface area contributed by atoms with Crippen molar-refractivity contribution in [3.05, 3.63) is 52.7 Å². The minimum atomic E-state index is 0. The molecule has 4 nitrogen and oxygen atoms in total. The summed E-state index contributed by atoms with van der Waals surface area (Å²) in [4.78, 5) is 5.63. The maximum Gasteiger partial charge on any atom is 0.188 e. The Morgan fingerprint density at radius 3 is 2.73 bits per heavy atom. The molecular weight excluding hydrogens is 409 g/mol. The van der Waals surface area contributed by atoms with Crippen LogP contribution in [0.15, 0.2) is 52.8 Å². The number of nitrogens with one attached hydrogen (secondary N) is 1. The molecule has 2 rings (SSSR count). The van der Waals surface area contributed by atoms with E-state index < -0.39 is 0 Å². The first kappa shape index (κ1) is 18.8. The highest BCUT2D eigenvalue weighted by Gasteiger charge is 1.95. The van der Waals surface area contributed by atoms with E-state index in [0.717, 1.165) is 25.1 Å². The highest BCUT2D eigenvalue weighted by Crippen LogP contribution is 2.08. The Balaban J connectivity index is 0.00000242. The number of rotatable bonds is 8. The molecule has 1 aromatic heterocycles. The van der Waals surface area contributed by atoms with Gasteiger partial charge in [0.1, 0.15) is 5.75 Å². The Bertz CT molecular complexity index is 532. The zero-order chi connectivity index (χ0) is 14.8. The summed E-state index contributed by atoms with van der Waals surface area (Å²) in [5, 5.41) is 5.21. The van der Waals surface area contributed by atoms with Crippen molar-refractivity contribution in [1.29, 1.82) is 0 Å². The van der Waals surface area contributed by atoms with Gasteiger partial charge in [-0.1, -0.05) is 24.3 Å². The van der Waals surface area contributed by atoms with Crippen LogP contribution in [0.1, 0.15) is 11.3 Å². The molecule has 3 N–H and O–H groups in total. The van der Waals surface area contributed by atoms with Gasteiger partial charge in [-0.15, -0.1) is 35.3 Å². The molecule has 0 bridgehead atoms. The number of thiophene rings is 1. The second kappa shape index (κ2) is 11.3. The van der Waals surface area contributed by atoms with Crippen molar-refractivity contribution in [2.45, 2.75) is 12.8 Å². The number of halogens is 1. The summed E-state index contributed by atoms with van der Waals surface area (Å²) in [5.41, 5.74) is 5.81. The minimum absolute atomic E-state index is 0. The van der Waals surface area contributed by atoms with Gasteiger partial charge in [0.2, 0.25) is 0 Å². The summed E-state index contributed by atoms with van der Waals surface area (Å²) in [5.74, 6) is 1.40. The van der Waals surface area contributed by atoms with Crippen LogP contribution in [-0.4, -0.2) is 25.7 Å². The topological polar surface area (TPSA) is 59.6 Å². The SMILES string of the molecule is I.NC(=NCCCOc1ccccc1)NCCc1cccs1. The summed E-state index contributed by atoms with van der Waals surface area (Å²) < 4.78 is 5.59. The third kappa shape index (κ3) is 7.65. The standard InChI is InChI=1S/C16H21N3OS.HI/c17-16(19-11-9-15-8-4-13-21-15)18-10-5-12-20-14-6-2-1-3-7-14;/h1-4,6-8,13H,5,9-12H2,(H3,17,18,19);1H. The van der Waals surface area contributed by atoms with Crippen LogP contribution in [0.5, 0.6) is 5.75 Å². The largest absolute Gasteiger partial charge is 0.494 e. The molecule has 0 saturated heterocycles. The molecule has 0 atom stereocenters. The number of ether oxygens (including phenoxy) is 1. The first-order valence-corrected chi connectivity index (χ1v) is 7.96. The summed E-state index contributed by atoms with van der Waals surface area (Å²) in [7, 11) is 0. The van der Waals surface area contributed by atoms with Crippen molar-refractivity contribution >= 4 is 41.3 Å². The Morgan fingerprint density at radius 1 is 1.18 bits per heavy atom. The fraction of sp³-hybridized carbons (Fsp3) is 0.312. The highest BCUT2D eigenvalue weighted by molar-refractivity contribution is 14.0. The summed E-state index contributed by atoms with van der Waals surface area (Å²) in [6, 6.07) is 14.0.